The van der Waals surface area contributed by atoms with Gasteiger partial charge in [-0.15, -0.1) is 0 Å². The van der Waals surface area contributed by atoms with Gasteiger partial charge in [0.25, 0.3) is 0 Å². The fraction of sp³-hybridized carbons (Fsp3) is 1.00. The third-order valence-electron chi connectivity index (χ3n) is 3.49. The highest BCUT2D eigenvalue weighted by molar-refractivity contribution is 4.78. The van der Waals surface area contributed by atoms with Crippen LogP contribution in [0.2, 0.25) is 0 Å². The van der Waals surface area contributed by atoms with Gasteiger partial charge in [0, 0.05) is 19.3 Å². The molecule has 0 saturated carbocycles. The first-order valence-corrected chi connectivity index (χ1v) is 6.33. The predicted octanol–water partition coefficient (Wildman–Crippen LogP) is 1.71. The maximum Gasteiger partial charge on any atom is 0.0725 e. The van der Waals surface area contributed by atoms with Crippen LogP contribution in [0, 0.1) is 0 Å². The molecule has 15 heavy (non-hydrogen) atoms. The van der Waals surface area contributed by atoms with Gasteiger partial charge < -0.3 is 14.8 Å². The fourth-order valence-electron chi connectivity index (χ4n) is 2.46. The van der Waals surface area contributed by atoms with Gasteiger partial charge in [-0.05, 0) is 45.6 Å². The molecule has 2 aliphatic rings. The molecule has 0 spiro atoms. The minimum atomic E-state index is 0.417. The summed E-state index contributed by atoms with van der Waals surface area (Å²) in [6.45, 7) is 5.18. The molecule has 2 fully saturated rings. The van der Waals surface area contributed by atoms with Crippen LogP contribution in [0.5, 0.6) is 0 Å². The van der Waals surface area contributed by atoms with Crippen LogP contribution in [0.4, 0.5) is 0 Å². The van der Waals surface area contributed by atoms with Crippen LogP contribution in [-0.2, 0) is 9.47 Å². The molecule has 0 aromatic rings. The Morgan fingerprint density at radius 3 is 3.00 bits per heavy atom. The molecule has 0 aliphatic carbocycles. The van der Waals surface area contributed by atoms with Gasteiger partial charge in [0.2, 0.25) is 0 Å². The van der Waals surface area contributed by atoms with Crippen LogP contribution in [0.1, 0.15) is 39.0 Å². The Labute approximate surface area is 92.5 Å². The summed E-state index contributed by atoms with van der Waals surface area (Å²) in [4.78, 5) is 0. The summed E-state index contributed by atoms with van der Waals surface area (Å²) in [6.07, 6.45) is 6.86. The zero-order valence-corrected chi connectivity index (χ0v) is 9.71. The topological polar surface area (TPSA) is 30.5 Å². The highest BCUT2D eigenvalue weighted by Crippen LogP contribution is 2.17. The van der Waals surface area contributed by atoms with Gasteiger partial charge in [-0.1, -0.05) is 0 Å². The van der Waals surface area contributed by atoms with Crippen molar-refractivity contribution in [3.05, 3.63) is 0 Å². The van der Waals surface area contributed by atoms with E-state index in [9.17, 15) is 0 Å². The first-order chi connectivity index (χ1) is 7.36. The quantitative estimate of drug-likeness (QED) is 0.771. The third kappa shape index (κ3) is 3.44. The molecule has 2 aliphatic heterocycles. The van der Waals surface area contributed by atoms with Gasteiger partial charge >= 0.3 is 0 Å². The van der Waals surface area contributed by atoms with Crippen molar-refractivity contribution in [1.29, 1.82) is 0 Å². The SMILES string of the molecule is CC1NCCCC1OCCC1CCCO1. The highest BCUT2D eigenvalue weighted by Gasteiger charge is 2.22. The molecular weight excluding hydrogens is 190 g/mol. The molecule has 1 N–H and O–H groups in total. The molecule has 2 rings (SSSR count). The number of hydrogen-bond acceptors (Lipinski definition) is 3. The lowest BCUT2D eigenvalue weighted by molar-refractivity contribution is -0.00780. The van der Waals surface area contributed by atoms with Crippen molar-refractivity contribution >= 4 is 0 Å². The second-order valence-electron chi connectivity index (χ2n) is 4.72. The van der Waals surface area contributed by atoms with E-state index in [1.807, 2.05) is 0 Å². The lowest BCUT2D eigenvalue weighted by Gasteiger charge is -2.30. The van der Waals surface area contributed by atoms with Crippen molar-refractivity contribution in [1.82, 2.24) is 5.32 Å². The second-order valence-corrected chi connectivity index (χ2v) is 4.72. The van der Waals surface area contributed by atoms with E-state index >= 15 is 0 Å². The molecule has 0 aromatic heterocycles. The summed E-state index contributed by atoms with van der Waals surface area (Å²) < 4.78 is 11.5. The van der Waals surface area contributed by atoms with Crippen LogP contribution in [0.3, 0.4) is 0 Å². The average Bonchev–Trinajstić information content (AvgIpc) is 2.74. The monoisotopic (exact) mass is 213 g/mol. The maximum atomic E-state index is 5.91. The lowest BCUT2D eigenvalue weighted by atomic mass is 10.0. The van der Waals surface area contributed by atoms with Gasteiger partial charge in [-0.25, -0.2) is 0 Å². The standard InChI is InChI=1S/C12H23NO2/c1-10-12(5-2-7-13-10)15-9-6-11-4-3-8-14-11/h10-13H,2-9H2,1H3. The molecule has 3 nitrogen and oxygen atoms in total. The number of nitrogens with one attached hydrogen (secondary N) is 1. The zero-order valence-electron chi connectivity index (χ0n) is 9.71. The largest absolute Gasteiger partial charge is 0.378 e. The van der Waals surface area contributed by atoms with Crippen LogP contribution in [0.25, 0.3) is 0 Å². The van der Waals surface area contributed by atoms with E-state index in [2.05, 4.69) is 12.2 Å². The van der Waals surface area contributed by atoms with Gasteiger partial charge in [0.15, 0.2) is 0 Å². The summed E-state index contributed by atoms with van der Waals surface area (Å²) in [5, 5.41) is 3.45. The van der Waals surface area contributed by atoms with E-state index in [4.69, 9.17) is 9.47 Å². The molecule has 88 valence electrons. The fourth-order valence-corrected chi connectivity index (χ4v) is 2.46. The van der Waals surface area contributed by atoms with Crippen molar-refractivity contribution in [3.63, 3.8) is 0 Å². The molecule has 0 bridgehead atoms. The summed E-state index contributed by atoms with van der Waals surface area (Å²) in [6, 6.07) is 0.517. The van der Waals surface area contributed by atoms with Gasteiger partial charge in [-0.3, -0.25) is 0 Å². The van der Waals surface area contributed by atoms with Crippen LogP contribution in [0.15, 0.2) is 0 Å². The predicted molar refractivity (Wildman–Crippen MR) is 60.0 cm³/mol. The van der Waals surface area contributed by atoms with Gasteiger partial charge in [-0.2, -0.15) is 0 Å². The Bertz CT molecular complexity index is 180. The first kappa shape index (κ1) is 11.4. The molecule has 2 heterocycles. The second kappa shape index (κ2) is 5.83. The third-order valence-corrected chi connectivity index (χ3v) is 3.49. The van der Waals surface area contributed by atoms with Gasteiger partial charge in [0.05, 0.1) is 12.2 Å². The van der Waals surface area contributed by atoms with Crippen LogP contribution < -0.4 is 5.32 Å². The van der Waals surface area contributed by atoms with E-state index in [0.29, 0.717) is 18.2 Å². The average molecular weight is 213 g/mol. The number of ether oxygens (including phenoxy) is 2. The minimum Gasteiger partial charge on any atom is -0.378 e. The number of rotatable bonds is 4. The molecular formula is C12H23NO2. The minimum absolute atomic E-state index is 0.417. The van der Waals surface area contributed by atoms with Gasteiger partial charge in [0.1, 0.15) is 0 Å². The van der Waals surface area contributed by atoms with Crippen molar-refractivity contribution < 1.29 is 9.47 Å². The summed E-state index contributed by atoms with van der Waals surface area (Å²) in [5.74, 6) is 0. The molecule has 3 heteroatoms. The smallest absolute Gasteiger partial charge is 0.0725 e. The Kier molecular flexibility index (Phi) is 4.42. The molecule has 0 radical (unpaired) electrons. The first-order valence-electron chi connectivity index (χ1n) is 6.33. The van der Waals surface area contributed by atoms with E-state index in [0.717, 1.165) is 26.2 Å². The summed E-state index contributed by atoms with van der Waals surface area (Å²) in [7, 11) is 0. The van der Waals surface area contributed by atoms with Crippen molar-refractivity contribution in [2.24, 2.45) is 0 Å². The van der Waals surface area contributed by atoms with Crippen LogP contribution >= 0.6 is 0 Å². The van der Waals surface area contributed by atoms with E-state index in [-0.39, 0.29) is 0 Å². The Balaban J connectivity index is 1.59. The Morgan fingerprint density at radius 2 is 2.27 bits per heavy atom. The highest BCUT2D eigenvalue weighted by atomic mass is 16.5. The maximum absolute atomic E-state index is 5.91. The Morgan fingerprint density at radius 1 is 1.33 bits per heavy atom. The Hall–Kier alpha value is -0.120. The normalized spacial score (nSPS) is 37.0. The van der Waals surface area contributed by atoms with E-state index in [1.54, 1.807) is 0 Å². The van der Waals surface area contributed by atoms with Crippen LogP contribution in [-0.4, -0.2) is 38.0 Å². The number of hydrogen-bond donors (Lipinski definition) is 1. The zero-order chi connectivity index (χ0) is 10.5. The van der Waals surface area contributed by atoms with Crippen molar-refractivity contribution in [2.75, 3.05) is 19.8 Å². The molecule has 2 saturated heterocycles. The summed E-state index contributed by atoms with van der Waals surface area (Å²) in [5.41, 5.74) is 0. The molecule has 3 atom stereocenters. The van der Waals surface area contributed by atoms with E-state index in [1.165, 1.54) is 25.7 Å². The molecule has 0 aromatic carbocycles. The molecule has 0 amide bonds. The lowest BCUT2D eigenvalue weighted by Crippen LogP contribution is -2.44. The summed E-state index contributed by atoms with van der Waals surface area (Å²) >= 11 is 0. The van der Waals surface area contributed by atoms with E-state index < -0.39 is 0 Å². The van der Waals surface area contributed by atoms with Crippen molar-refractivity contribution in [3.8, 4) is 0 Å². The number of piperidine rings is 1. The molecule has 3 unspecified atom stereocenters. The van der Waals surface area contributed by atoms with Crippen molar-refractivity contribution in [2.45, 2.75) is 57.3 Å².